The second-order valence-electron chi connectivity index (χ2n) is 28.9. The van der Waals surface area contributed by atoms with Crippen molar-refractivity contribution in [1.82, 2.24) is 9.13 Å². The first-order valence-corrected chi connectivity index (χ1v) is 36.6. The van der Waals surface area contributed by atoms with E-state index in [0.29, 0.717) is 0 Å². The van der Waals surface area contributed by atoms with Crippen LogP contribution in [0.4, 0.5) is 34.1 Å². The minimum absolute atomic E-state index is 0.259. The van der Waals surface area contributed by atoms with Crippen LogP contribution in [0, 0.1) is 0 Å². The Balaban J connectivity index is 0.865. The molecule has 20 aromatic carbocycles. The molecule has 0 N–H and O–H groups in total. The minimum Gasteiger partial charge on any atom is -0.310 e. The van der Waals surface area contributed by atoms with E-state index in [1.54, 1.807) is 0 Å². The van der Waals surface area contributed by atoms with Gasteiger partial charge in [0.05, 0.1) is 33.4 Å². The molecule has 482 valence electrons. The zero-order valence-corrected chi connectivity index (χ0v) is 56.9. The van der Waals surface area contributed by atoms with Gasteiger partial charge >= 0.3 is 0 Å². The highest BCUT2D eigenvalue weighted by Gasteiger charge is 2.46. The summed E-state index contributed by atoms with van der Waals surface area (Å²) in [6, 6.07) is 136. The van der Waals surface area contributed by atoms with E-state index >= 15 is 0 Å². The van der Waals surface area contributed by atoms with Crippen molar-refractivity contribution in [2.75, 3.05) is 9.80 Å². The predicted octanol–water partition coefficient (Wildman–Crippen LogP) is 25.0. The Bertz CT molecular complexity index is 6590. The Morgan fingerprint density at radius 3 is 0.810 bits per heavy atom. The Kier molecular flexibility index (Phi) is 11.6. The fourth-order valence-corrected chi connectivity index (χ4v) is 19.4. The molecule has 22 aromatic rings. The van der Waals surface area contributed by atoms with Gasteiger partial charge in [-0.15, -0.1) is 0 Å². The molecule has 0 spiro atoms. The lowest BCUT2D eigenvalue weighted by molar-refractivity contribution is 1.17. The van der Waals surface area contributed by atoms with E-state index < -0.39 is 0 Å². The topological polar surface area (TPSA) is 16.3 Å². The summed E-state index contributed by atoms with van der Waals surface area (Å²) in [4.78, 5) is 5.40. The molecule has 0 saturated carbocycles. The van der Waals surface area contributed by atoms with Crippen LogP contribution in [-0.2, 0) is 0 Å². The lowest BCUT2D eigenvalue weighted by atomic mass is 9.33. The smallest absolute Gasteiger partial charge is 0.252 e. The number of nitrogens with zero attached hydrogens (tertiary/aromatic N) is 4. The summed E-state index contributed by atoms with van der Waals surface area (Å²) in [7, 11) is 0. The van der Waals surface area contributed by atoms with Crippen molar-refractivity contribution >= 4 is 165 Å². The molecule has 2 aliphatic rings. The van der Waals surface area contributed by atoms with E-state index in [1.165, 1.54) is 125 Å². The van der Waals surface area contributed by atoms with Gasteiger partial charge in [0.25, 0.3) is 6.71 Å². The summed E-state index contributed by atoms with van der Waals surface area (Å²) < 4.78 is 5.16. The molecule has 2 aliphatic heterocycles. The highest BCUT2D eigenvalue weighted by Crippen LogP contribution is 2.56. The van der Waals surface area contributed by atoms with Gasteiger partial charge in [0.2, 0.25) is 0 Å². The van der Waals surface area contributed by atoms with Crippen LogP contribution in [0.15, 0.2) is 358 Å². The van der Waals surface area contributed by atoms with Gasteiger partial charge in [-0.25, -0.2) is 0 Å². The van der Waals surface area contributed by atoms with E-state index in [0.717, 1.165) is 101 Å². The van der Waals surface area contributed by atoms with Crippen molar-refractivity contribution in [1.29, 1.82) is 0 Å². The largest absolute Gasteiger partial charge is 0.310 e. The summed E-state index contributed by atoms with van der Waals surface area (Å²) in [6.45, 7) is -0.259. The van der Waals surface area contributed by atoms with Crippen molar-refractivity contribution < 1.29 is 0 Å². The Morgan fingerprint density at radius 1 is 0.200 bits per heavy atom. The maximum atomic E-state index is 2.70. The van der Waals surface area contributed by atoms with E-state index in [2.05, 4.69) is 377 Å². The fraction of sp³-hybridized carbons (Fsp3) is 0. The van der Waals surface area contributed by atoms with Crippen LogP contribution in [0.2, 0.25) is 0 Å². The van der Waals surface area contributed by atoms with Gasteiger partial charge in [-0.2, -0.15) is 0 Å². The molecule has 0 bridgehead atoms. The van der Waals surface area contributed by atoms with Gasteiger partial charge in [-0.3, -0.25) is 0 Å². The lowest BCUT2D eigenvalue weighted by Crippen LogP contribution is -2.61. The number of aromatic nitrogens is 2. The predicted molar refractivity (Wildman–Crippen MR) is 446 cm³/mol. The van der Waals surface area contributed by atoms with Gasteiger partial charge in [-0.05, 0) is 175 Å². The van der Waals surface area contributed by atoms with Gasteiger partial charge in [0.15, 0.2) is 0 Å². The number of rotatable bonds is 9. The summed E-state index contributed by atoms with van der Waals surface area (Å²) in [5.41, 5.74) is 28.8. The van der Waals surface area contributed by atoms with Crippen LogP contribution in [0.5, 0.6) is 0 Å². The van der Waals surface area contributed by atoms with E-state index in [4.69, 9.17) is 0 Å². The molecule has 0 fully saturated rings. The average Bonchev–Trinajstić information content (AvgIpc) is 1.65. The Hall–Kier alpha value is -13.7. The second kappa shape index (κ2) is 21.4. The number of para-hydroxylation sites is 2. The molecule has 0 unspecified atom stereocenters. The first-order chi connectivity index (χ1) is 52.1. The van der Waals surface area contributed by atoms with Crippen LogP contribution in [0.3, 0.4) is 0 Å². The molecule has 4 heterocycles. The fourth-order valence-electron chi connectivity index (χ4n) is 19.4. The highest BCUT2D eigenvalue weighted by atomic mass is 15.2. The normalized spacial score (nSPS) is 12.9. The van der Waals surface area contributed by atoms with Crippen LogP contribution in [-0.4, -0.2) is 15.8 Å². The third kappa shape index (κ3) is 7.80. The van der Waals surface area contributed by atoms with Crippen molar-refractivity contribution in [3.63, 3.8) is 0 Å². The van der Waals surface area contributed by atoms with E-state index in [-0.39, 0.29) is 6.71 Å². The Morgan fingerprint density at radius 2 is 0.495 bits per heavy atom. The van der Waals surface area contributed by atoms with Crippen LogP contribution in [0.1, 0.15) is 0 Å². The SMILES string of the molecule is c1ccc(-c2cc3c4c(c2)N(c2c(-c5ccccc5)cccc2-c2ccccc2)c2cc(-n5c6ccc7cccc8c9cccc%10ccc5c(c%109)c6c78)ccc2B4c2ccc(-n4c5ccc6cccc7c8cccc9ccc4c(c98)c5c67)cc2N3c2c(-c3ccccc3)cccc2-c2ccccc2)cc1. The first-order valence-electron chi connectivity index (χ1n) is 36.6. The standard InChI is InChI=1S/C100H59BN4/c1-6-22-60(23-7-1)69-56-88-98-89(57-69)105(100-74(63-28-12-4-13-29-63)38-21-39-75(100)64-30-14-5-15-31-64)87-59-71(103-84-54-46-67-34-18-42-78-79-43-19-35-68-47-55-85(103)97(93(68)79)96(84)92(67)78)49-51-81(87)101(98)80-50-48-70(58-86(80)104(88)99-72(61-24-8-2-9-25-61)36-20-37-73(99)62-26-10-3-11-27-62)102-82-52-44-65-32-16-40-76-77-41-17-33-66-45-53-83(102)95(91(66)77)94(82)90(65)76/h1-59H. The number of fused-ring (bicyclic) bond motifs is 6. The van der Waals surface area contributed by atoms with Gasteiger partial charge in [-0.1, -0.05) is 297 Å². The molecule has 24 rings (SSSR count). The van der Waals surface area contributed by atoms with Crippen LogP contribution < -0.4 is 26.2 Å². The molecular weight excluding hydrogens is 1270 g/mol. The lowest BCUT2D eigenvalue weighted by Gasteiger charge is -2.46. The van der Waals surface area contributed by atoms with Crippen LogP contribution in [0.25, 0.3) is 175 Å². The summed E-state index contributed by atoms with van der Waals surface area (Å²) in [6.07, 6.45) is 0. The molecule has 4 nitrogen and oxygen atoms in total. The molecule has 5 heteroatoms. The third-order valence-corrected chi connectivity index (χ3v) is 23.7. The third-order valence-electron chi connectivity index (χ3n) is 23.7. The van der Waals surface area contributed by atoms with E-state index in [9.17, 15) is 0 Å². The number of anilines is 6. The maximum Gasteiger partial charge on any atom is 0.252 e. The molecule has 0 saturated heterocycles. The highest BCUT2D eigenvalue weighted by molar-refractivity contribution is 7.00. The van der Waals surface area contributed by atoms with Crippen LogP contribution >= 0.6 is 0 Å². The summed E-state index contributed by atoms with van der Waals surface area (Å²) in [5, 5.41) is 20.7. The van der Waals surface area contributed by atoms with Crippen molar-refractivity contribution in [3.05, 3.63) is 358 Å². The first kappa shape index (κ1) is 57.0. The monoisotopic (exact) mass is 1330 g/mol. The van der Waals surface area contributed by atoms with Crippen molar-refractivity contribution in [2.45, 2.75) is 0 Å². The minimum atomic E-state index is -0.259. The van der Waals surface area contributed by atoms with Gasteiger partial charge in [0.1, 0.15) is 0 Å². The quantitative estimate of drug-likeness (QED) is 0.0814. The summed E-state index contributed by atoms with van der Waals surface area (Å²) in [5.74, 6) is 0. The second-order valence-corrected chi connectivity index (χ2v) is 28.9. The molecule has 0 aliphatic carbocycles. The van der Waals surface area contributed by atoms with E-state index in [1.807, 2.05) is 0 Å². The number of hydrogen-bond donors (Lipinski definition) is 0. The van der Waals surface area contributed by atoms with Crippen molar-refractivity contribution in [2.24, 2.45) is 0 Å². The molecule has 0 amide bonds. The van der Waals surface area contributed by atoms with Crippen molar-refractivity contribution in [3.8, 4) is 67.0 Å². The summed E-state index contributed by atoms with van der Waals surface area (Å²) >= 11 is 0. The zero-order valence-electron chi connectivity index (χ0n) is 56.9. The molecular formula is C100H59BN4. The molecule has 0 radical (unpaired) electrons. The number of benzene rings is 20. The number of hydrogen-bond acceptors (Lipinski definition) is 2. The zero-order chi connectivity index (χ0) is 68.3. The van der Waals surface area contributed by atoms with Gasteiger partial charge < -0.3 is 18.9 Å². The Labute approximate surface area is 605 Å². The maximum absolute atomic E-state index is 2.70. The molecule has 105 heavy (non-hydrogen) atoms. The average molecular weight is 1330 g/mol. The molecule has 2 aromatic heterocycles. The molecule has 0 atom stereocenters. The van der Waals surface area contributed by atoms with Gasteiger partial charge in [0, 0.05) is 77.9 Å².